The third kappa shape index (κ3) is 7.56. The van der Waals surface area contributed by atoms with E-state index in [-0.39, 0.29) is 17.6 Å². The minimum absolute atomic E-state index is 0.222. The number of hydrazine groups is 1. The van der Waals surface area contributed by atoms with Gasteiger partial charge < -0.3 is 14.4 Å². The molecule has 9 nitrogen and oxygen atoms in total. The maximum absolute atomic E-state index is 13.0. The summed E-state index contributed by atoms with van der Waals surface area (Å²) in [5, 5.41) is 0. The molecule has 1 fully saturated rings. The number of carbonyl (C=O) groups excluding carboxylic acids is 1. The second-order valence-electron chi connectivity index (χ2n) is 8.56. The molecule has 0 unspecified atom stereocenters. The molecular formula is C25H38N6O3. The van der Waals surface area contributed by atoms with E-state index >= 15 is 0 Å². The molecule has 1 aliphatic rings. The number of nitrogens with zero attached hydrogens (tertiary/aromatic N) is 4. The number of benzene rings is 1. The minimum atomic E-state index is -0.340. The van der Waals surface area contributed by atoms with Gasteiger partial charge in [-0.2, -0.15) is 9.97 Å². The summed E-state index contributed by atoms with van der Waals surface area (Å²) in [5.74, 6) is 0.365. The van der Waals surface area contributed by atoms with Crippen molar-refractivity contribution in [3.05, 3.63) is 41.1 Å². The van der Waals surface area contributed by atoms with E-state index in [4.69, 9.17) is 9.47 Å². The Hall–Kier alpha value is -2.91. The Labute approximate surface area is 202 Å². The highest BCUT2D eigenvalue weighted by Crippen LogP contribution is 2.18. The Morgan fingerprint density at radius 3 is 2.50 bits per heavy atom. The summed E-state index contributed by atoms with van der Waals surface area (Å²) in [7, 11) is 0. The van der Waals surface area contributed by atoms with Gasteiger partial charge in [-0.25, -0.2) is 0 Å². The highest BCUT2D eigenvalue weighted by molar-refractivity contribution is 5.93. The number of anilines is 2. The fourth-order valence-electron chi connectivity index (χ4n) is 3.74. The van der Waals surface area contributed by atoms with Crippen LogP contribution in [-0.4, -0.2) is 73.3 Å². The van der Waals surface area contributed by atoms with Gasteiger partial charge in [0.15, 0.2) is 0 Å². The van der Waals surface area contributed by atoms with Crippen molar-refractivity contribution in [2.24, 2.45) is 0 Å². The second-order valence-corrected chi connectivity index (χ2v) is 8.56. The summed E-state index contributed by atoms with van der Waals surface area (Å²) >= 11 is 0. The van der Waals surface area contributed by atoms with Gasteiger partial charge in [0.05, 0.1) is 18.9 Å². The zero-order valence-corrected chi connectivity index (χ0v) is 20.9. The Bertz CT molecular complexity index is 927. The number of morpholine rings is 1. The lowest BCUT2D eigenvalue weighted by Crippen LogP contribution is -2.38. The number of carbonyl (C=O) groups is 1. The van der Waals surface area contributed by atoms with Gasteiger partial charge in [0, 0.05) is 38.8 Å². The van der Waals surface area contributed by atoms with Crippen LogP contribution in [0.15, 0.2) is 24.3 Å². The van der Waals surface area contributed by atoms with Gasteiger partial charge in [0.1, 0.15) is 18.1 Å². The van der Waals surface area contributed by atoms with Crippen molar-refractivity contribution in [2.75, 3.05) is 62.9 Å². The molecule has 1 amide bonds. The zero-order chi connectivity index (χ0) is 24.3. The van der Waals surface area contributed by atoms with Gasteiger partial charge in [-0.15, -0.1) is 0 Å². The molecule has 0 aliphatic carbocycles. The number of aromatic nitrogens is 2. The van der Waals surface area contributed by atoms with Crippen LogP contribution in [0.3, 0.4) is 0 Å². The molecule has 0 bridgehead atoms. The molecule has 0 spiro atoms. The summed E-state index contributed by atoms with van der Waals surface area (Å²) in [6.07, 6.45) is 1.96. The molecule has 2 heterocycles. The molecule has 1 aliphatic heterocycles. The number of aryl methyl sites for hydroxylation is 2. The van der Waals surface area contributed by atoms with Crippen LogP contribution >= 0.6 is 0 Å². The molecule has 1 aromatic carbocycles. The van der Waals surface area contributed by atoms with E-state index in [1.165, 1.54) is 5.56 Å². The van der Waals surface area contributed by atoms with E-state index < -0.39 is 0 Å². The van der Waals surface area contributed by atoms with Crippen molar-refractivity contribution in [3.8, 4) is 6.01 Å². The molecule has 1 aromatic heterocycles. The lowest BCUT2D eigenvalue weighted by Gasteiger charge is -2.26. The number of nitrogens with one attached hydrogen (secondary N) is 2. The van der Waals surface area contributed by atoms with Crippen molar-refractivity contribution < 1.29 is 14.3 Å². The van der Waals surface area contributed by atoms with Crippen molar-refractivity contribution in [1.29, 1.82) is 0 Å². The van der Waals surface area contributed by atoms with E-state index in [0.717, 1.165) is 70.0 Å². The van der Waals surface area contributed by atoms with Gasteiger partial charge in [-0.3, -0.25) is 20.5 Å². The molecule has 2 N–H and O–H groups in total. The second kappa shape index (κ2) is 13.1. The average molecular weight is 471 g/mol. The average Bonchev–Trinajstić information content (AvgIpc) is 2.85. The summed E-state index contributed by atoms with van der Waals surface area (Å²) in [5.41, 5.74) is 9.15. The molecule has 0 radical (unpaired) electrons. The van der Waals surface area contributed by atoms with Crippen LogP contribution in [0.1, 0.15) is 48.3 Å². The fourth-order valence-corrected chi connectivity index (χ4v) is 3.74. The third-order valence-corrected chi connectivity index (χ3v) is 5.81. The van der Waals surface area contributed by atoms with Gasteiger partial charge >= 0.3 is 6.01 Å². The number of amides is 1. The largest absolute Gasteiger partial charge is 0.462 e. The van der Waals surface area contributed by atoms with Gasteiger partial charge in [0.25, 0.3) is 5.91 Å². The van der Waals surface area contributed by atoms with Crippen LogP contribution in [0, 0.1) is 13.8 Å². The van der Waals surface area contributed by atoms with Crippen LogP contribution in [0.25, 0.3) is 0 Å². The fraction of sp³-hybridized carbons (Fsp3) is 0.560. The smallest absolute Gasteiger partial charge is 0.319 e. The number of ether oxygens (including phenoxy) is 2. The molecule has 2 aromatic rings. The molecule has 9 heteroatoms. The number of hydrogen-bond acceptors (Lipinski definition) is 8. The molecule has 0 atom stereocenters. The molecule has 186 valence electrons. The van der Waals surface area contributed by atoms with Crippen LogP contribution in [0.5, 0.6) is 6.01 Å². The van der Waals surface area contributed by atoms with Crippen LogP contribution in [0.4, 0.5) is 11.5 Å². The van der Waals surface area contributed by atoms with Crippen molar-refractivity contribution in [3.63, 3.8) is 0 Å². The summed E-state index contributed by atoms with van der Waals surface area (Å²) in [6, 6.07) is 7.89. The third-order valence-electron chi connectivity index (χ3n) is 5.81. The first kappa shape index (κ1) is 25.7. The maximum atomic E-state index is 13.0. The predicted octanol–water partition coefficient (Wildman–Crippen LogP) is 3.19. The highest BCUT2D eigenvalue weighted by Gasteiger charge is 2.17. The monoisotopic (exact) mass is 470 g/mol. The van der Waals surface area contributed by atoms with E-state index in [0.29, 0.717) is 12.4 Å². The summed E-state index contributed by atoms with van der Waals surface area (Å²) < 4.78 is 11.3. The Balaban J connectivity index is 1.73. The molecule has 0 saturated carbocycles. The molecule has 34 heavy (non-hydrogen) atoms. The van der Waals surface area contributed by atoms with Crippen LogP contribution in [-0.2, 0) is 4.74 Å². The SMILES string of the molecule is CCCN(CCC)c1cc(C(=O)NNc2ccc(C)c(C)c2)nc(OCCN2CCOCC2)n1. The van der Waals surface area contributed by atoms with Gasteiger partial charge in [0.2, 0.25) is 0 Å². The Morgan fingerprint density at radius 2 is 1.82 bits per heavy atom. The normalized spacial score (nSPS) is 14.0. The van der Waals surface area contributed by atoms with Crippen molar-refractivity contribution in [2.45, 2.75) is 40.5 Å². The lowest BCUT2D eigenvalue weighted by atomic mass is 10.1. The summed E-state index contributed by atoms with van der Waals surface area (Å²) in [4.78, 5) is 26.5. The topological polar surface area (TPSA) is 91.9 Å². The van der Waals surface area contributed by atoms with Gasteiger partial charge in [-0.05, 0) is 49.9 Å². The van der Waals surface area contributed by atoms with Crippen molar-refractivity contribution in [1.82, 2.24) is 20.3 Å². The van der Waals surface area contributed by atoms with E-state index in [1.807, 2.05) is 25.1 Å². The standard InChI is InChI=1S/C25H38N6O3/c1-5-9-31(10-6-2)23-18-22(24(32)29-28-21-8-7-19(3)20(4)17-21)26-25(27-23)34-16-13-30-11-14-33-15-12-30/h7-8,17-18,28H,5-6,9-16H2,1-4H3,(H,29,32). The van der Waals surface area contributed by atoms with E-state index in [1.54, 1.807) is 6.07 Å². The Kier molecular flexibility index (Phi) is 9.90. The van der Waals surface area contributed by atoms with Crippen LogP contribution in [0.2, 0.25) is 0 Å². The van der Waals surface area contributed by atoms with Crippen molar-refractivity contribution >= 4 is 17.4 Å². The Morgan fingerprint density at radius 1 is 1.09 bits per heavy atom. The summed E-state index contributed by atoms with van der Waals surface area (Å²) in [6.45, 7) is 14.5. The first-order valence-electron chi connectivity index (χ1n) is 12.2. The highest BCUT2D eigenvalue weighted by atomic mass is 16.5. The predicted molar refractivity (Wildman–Crippen MR) is 135 cm³/mol. The first-order valence-corrected chi connectivity index (χ1v) is 12.2. The maximum Gasteiger partial charge on any atom is 0.319 e. The van der Waals surface area contributed by atoms with Crippen LogP contribution < -0.4 is 20.5 Å². The molecule has 1 saturated heterocycles. The van der Waals surface area contributed by atoms with E-state index in [2.05, 4.69) is 51.4 Å². The minimum Gasteiger partial charge on any atom is -0.462 e. The molecule has 3 rings (SSSR count). The number of rotatable bonds is 12. The van der Waals surface area contributed by atoms with Gasteiger partial charge in [-0.1, -0.05) is 19.9 Å². The number of hydrogen-bond donors (Lipinski definition) is 2. The first-order chi connectivity index (χ1) is 16.5. The quantitative estimate of drug-likeness (QED) is 0.457. The lowest BCUT2D eigenvalue weighted by molar-refractivity contribution is 0.0317. The van der Waals surface area contributed by atoms with E-state index in [9.17, 15) is 4.79 Å². The molecular weight excluding hydrogens is 432 g/mol. The zero-order valence-electron chi connectivity index (χ0n) is 20.9.